The molecule has 0 fully saturated rings. The van der Waals surface area contributed by atoms with Gasteiger partial charge in [-0.3, -0.25) is 14.5 Å². The summed E-state index contributed by atoms with van der Waals surface area (Å²) in [4.78, 5) is 25.6. The summed E-state index contributed by atoms with van der Waals surface area (Å²) in [7, 11) is 0. The quantitative estimate of drug-likeness (QED) is 0.905. The van der Waals surface area contributed by atoms with Crippen molar-refractivity contribution in [3.05, 3.63) is 54.6 Å². The Hall–Kier alpha value is -2.82. The SMILES string of the molecule is O=C1CN(C(=O)CNc2ccccc2)c2ccccc2N1. The lowest BCUT2D eigenvalue weighted by molar-refractivity contribution is -0.120. The molecule has 0 radical (unpaired) electrons. The van der Waals surface area contributed by atoms with E-state index in [0.29, 0.717) is 5.69 Å². The molecule has 2 aromatic rings. The Morgan fingerprint density at radius 3 is 2.62 bits per heavy atom. The third-order valence-corrected chi connectivity index (χ3v) is 3.29. The van der Waals surface area contributed by atoms with Crippen molar-refractivity contribution in [2.45, 2.75) is 0 Å². The van der Waals surface area contributed by atoms with Crippen molar-refractivity contribution < 1.29 is 9.59 Å². The van der Waals surface area contributed by atoms with Crippen LogP contribution in [-0.2, 0) is 9.59 Å². The Morgan fingerprint density at radius 2 is 1.81 bits per heavy atom. The molecule has 0 unspecified atom stereocenters. The highest BCUT2D eigenvalue weighted by molar-refractivity contribution is 6.10. The first-order chi connectivity index (χ1) is 10.2. The average molecular weight is 281 g/mol. The summed E-state index contributed by atoms with van der Waals surface area (Å²) in [5.74, 6) is -0.317. The maximum Gasteiger partial charge on any atom is 0.246 e. The Balaban J connectivity index is 1.74. The highest BCUT2D eigenvalue weighted by Gasteiger charge is 2.26. The van der Waals surface area contributed by atoms with Gasteiger partial charge in [-0.2, -0.15) is 0 Å². The lowest BCUT2D eigenvalue weighted by atomic mass is 10.2. The maximum atomic E-state index is 12.4. The van der Waals surface area contributed by atoms with Crippen molar-refractivity contribution in [1.29, 1.82) is 0 Å². The molecule has 0 bridgehead atoms. The lowest BCUT2D eigenvalue weighted by Gasteiger charge is -2.29. The Morgan fingerprint density at radius 1 is 1.10 bits per heavy atom. The second-order valence-corrected chi connectivity index (χ2v) is 4.76. The lowest BCUT2D eigenvalue weighted by Crippen LogP contribution is -2.44. The molecule has 1 aliphatic heterocycles. The molecule has 0 saturated carbocycles. The Kier molecular flexibility index (Phi) is 3.55. The largest absolute Gasteiger partial charge is 0.376 e. The predicted molar refractivity (Wildman–Crippen MR) is 82.4 cm³/mol. The molecular formula is C16H15N3O2. The van der Waals surface area contributed by atoms with Gasteiger partial charge >= 0.3 is 0 Å². The van der Waals surface area contributed by atoms with Crippen molar-refractivity contribution in [1.82, 2.24) is 0 Å². The monoisotopic (exact) mass is 281 g/mol. The molecule has 0 saturated heterocycles. The molecule has 5 nitrogen and oxygen atoms in total. The zero-order chi connectivity index (χ0) is 14.7. The molecule has 5 heteroatoms. The van der Waals surface area contributed by atoms with E-state index >= 15 is 0 Å². The highest BCUT2D eigenvalue weighted by Crippen LogP contribution is 2.28. The van der Waals surface area contributed by atoms with E-state index < -0.39 is 0 Å². The van der Waals surface area contributed by atoms with Crippen LogP contribution in [0.4, 0.5) is 17.1 Å². The first kappa shape index (κ1) is 13.2. The summed E-state index contributed by atoms with van der Waals surface area (Å²) in [6.45, 7) is 0.192. The number of amides is 2. The standard InChI is InChI=1S/C16H15N3O2/c20-15-11-19(14-9-5-4-8-13(14)18-15)16(21)10-17-12-6-2-1-3-7-12/h1-9,17H,10-11H2,(H,18,20). The van der Waals surface area contributed by atoms with Gasteiger partial charge < -0.3 is 10.6 Å². The number of nitrogens with one attached hydrogen (secondary N) is 2. The number of rotatable bonds is 3. The normalized spacial score (nSPS) is 13.3. The van der Waals surface area contributed by atoms with E-state index in [2.05, 4.69) is 10.6 Å². The Labute approximate surface area is 122 Å². The van der Waals surface area contributed by atoms with Crippen LogP contribution in [0, 0.1) is 0 Å². The Bertz CT molecular complexity index is 670. The fraction of sp³-hybridized carbons (Fsp3) is 0.125. The number of fused-ring (bicyclic) bond motifs is 1. The van der Waals surface area contributed by atoms with Gasteiger partial charge in [0.25, 0.3) is 0 Å². The topological polar surface area (TPSA) is 61.4 Å². The zero-order valence-corrected chi connectivity index (χ0v) is 11.4. The summed E-state index contributed by atoms with van der Waals surface area (Å²) in [6, 6.07) is 16.8. The van der Waals surface area contributed by atoms with Gasteiger partial charge in [0.1, 0.15) is 6.54 Å². The first-order valence-electron chi connectivity index (χ1n) is 6.72. The summed E-state index contributed by atoms with van der Waals surface area (Å²) in [5.41, 5.74) is 2.28. The van der Waals surface area contributed by atoms with Gasteiger partial charge in [0.05, 0.1) is 17.9 Å². The molecule has 0 aromatic heterocycles. The van der Waals surface area contributed by atoms with Crippen LogP contribution >= 0.6 is 0 Å². The minimum atomic E-state index is -0.179. The molecule has 0 atom stereocenters. The van der Waals surface area contributed by atoms with Crippen LogP contribution in [0.5, 0.6) is 0 Å². The number of carbonyl (C=O) groups excluding carboxylic acids is 2. The van der Waals surface area contributed by atoms with Crippen molar-refractivity contribution in [3.63, 3.8) is 0 Å². The number of hydrogen-bond acceptors (Lipinski definition) is 3. The van der Waals surface area contributed by atoms with E-state index in [4.69, 9.17) is 0 Å². The number of benzene rings is 2. The summed E-state index contributed by atoms with van der Waals surface area (Å²) in [5, 5.41) is 5.83. The second kappa shape index (κ2) is 5.66. The highest BCUT2D eigenvalue weighted by atomic mass is 16.2. The number of anilines is 3. The fourth-order valence-corrected chi connectivity index (χ4v) is 2.28. The molecular weight excluding hydrogens is 266 g/mol. The van der Waals surface area contributed by atoms with Gasteiger partial charge in [0.15, 0.2) is 0 Å². The number of hydrogen-bond donors (Lipinski definition) is 2. The van der Waals surface area contributed by atoms with Crippen molar-refractivity contribution >= 4 is 28.9 Å². The zero-order valence-electron chi connectivity index (χ0n) is 11.4. The molecule has 1 aliphatic rings. The number of carbonyl (C=O) groups is 2. The minimum Gasteiger partial charge on any atom is -0.376 e. The van der Waals surface area contributed by atoms with Crippen LogP contribution in [0.3, 0.4) is 0 Å². The molecule has 1 heterocycles. The van der Waals surface area contributed by atoms with Gasteiger partial charge in [-0.25, -0.2) is 0 Å². The first-order valence-corrected chi connectivity index (χ1v) is 6.72. The van der Waals surface area contributed by atoms with Gasteiger partial charge in [-0.1, -0.05) is 30.3 Å². The van der Waals surface area contributed by atoms with Crippen molar-refractivity contribution in [2.75, 3.05) is 28.6 Å². The van der Waals surface area contributed by atoms with E-state index in [9.17, 15) is 9.59 Å². The predicted octanol–water partition coefficient (Wildman–Crippen LogP) is 2.08. The minimum absolute atomic E-state index is 0.0479. The van der Waals surface area contributed by atoms with E-state index in [1.165, 1.54) is 4.90 Å². The summed E-state index contributed by atoms with van der Waals surface area (Å²) in [6.07, 6.45) is 0. The molecule has 2 amide bonds. The third kappa shape index (κ3) is 2.86. The fourth-order valence-electron chi connectivity index (χ4n) is 2.28. The molecule has 3 rings (SSSR count). The van der Waals surface area contributed by atoms with E-state index in [0.717, 1.165) is 11.4 Å². The van der Waals surface area contributed by atoms with Gasteiger partial charge in [-0.05, 0) is 24.3 Å². The molecule has 21 heavy (non-hydrogen) atoms. The molecule has 2 N–H and O–H groups in total. The second-order valence-electron chi connectivity index (χ2n) is 4.76. The van der Waals surface area contributed by atoms with Crippen LogP contribution in [0.25, 0.3) is 0 Å². The van der Waals surface area contributed by atoms with Crippen molar-refractivity contribution in [3.8, 4) is 0 Å². The van der Waals surface area contributed by atoms with Crippen LogP contribution in [-0.4, -0.2) is 24.9 Å². The van der Waals surface area contributed by atoms with E-state index in [1.807, 2.05) is 48.5 Å². The average Bonchev–Trinajstić information content (AvgIpc) is 2.52. The molecule has 0 spiro atoms. The maximum absolute atomic E-state index is 12.4. The number of para-hydroxylation sites is 3. The van der Waals surface area contributed by atoms with Crippen LogP contribution in [0.15, 0.2) is 54.6 Å². The molecule has 0 aliphatic carbocycles. The van der Waals surface area contributed by atoms with Gasteiger partial charge in [0.2, 0.25) is 11.8 Å². The van der Waals surface area contributed by atoms with Crippen LogP contribution in [0.1, 0.15) is 0 Å². The summed E-state index contributed by atoms with van der Waals surface area (Å²) >= 11 is 0. The van der Waals surface area contributed by atoms with Gasteiger partial charge in [-0.15, -0.1) is 0 Å². The van der Waals surface area contributed by atoms with Crippen LogP contribution in [0.2, 0.25) is 0 Å². The van der Waals surface area contributed by atoms with Gasteiger partial charge in [0, 0.05) is 5.69 Å². The smallest absolute Gasteiger partial charge is 0.246 e. The van der Waals surface area contributed by atoms with E-state index in [-0.39, 0.29) is 24.9 Å². The van der Waals surface area contributed by atoms with Crippen LogP contribution < -0.4 is 15.5 Å². The summed E-state index contributed by atoms with van der Waals surface area (Å²) < 4.78 is 0. The molecule has 2 aromatic carbocycles. The molecule has 106 valence electrons. The third-order valence-electron chi connectivity index (χ3n) is 3.29. The van der Waals surface area contributed by atoms with Crippen molar-refractivity contribution in [2.24, 2.45) is 0 Å². The van der Waals surface area contributed by atoms with E-state index in [1.54, 1.807) is 6.07 Å². The number of nitrogens with zero attached hydrogens (tertiary/aromatic N) is 1.